The summed E-state index contributed by atoms with van der Waals surface area (Å²) in [5.41, 5.74) is 2.89. The Morgan fingerprint density at radius 1 is 1.14 bits per heavy atom. The van der Waals surface area contributed by atoms with Crippen LogP contribution in [0.15, 0.2) is 38.2 Å². The minimum absolute atomic E-state index is 0.469. The second-order valence-corrected chi connectivity index (χ2v) is 6.49. The lowest BCUT2D eigenvalue weighted by Crippen LogP contribution is -2.36. The lowest BCUT2D eigenvalue weighted by Gasteiger charge is -2.11. The maximum atomic E-state index is 5.58. The Morgan fingerprint density at radius 2 is 1.96 bits per heavy atom. The van der Waals surface area contributed by atoms with Gasteiger partial charge in [-0.15, -0.1) is 0 Å². The molecule has 8 nitrogen and oxygen atoms in total. The highest BCUT2D eigenvalue weighted by atomic mass is 16.5. The molecule has 0 saturated carbocycles. The van der Waals surface area contributed by atoms with Gasteiger partial charge in [-0.1, -0.05) is 24.2 Å². The van der Waals surface area contributed by atoms with Gasteiger partial charge in [0, 0.05) is 25.6 Å². The van der Waals surface area contributed by atoms with Crippen molar-refractivity contribution in [3.05, 3.63) is 53.0 Å². The predicted molar refractivity (Wildman–Crippen MR) is 107 cm³/mol. The van der Waals surface area contributed by atoms with E-state index in [9.17, 15) is 0 Å². The summed E-state index contributed by atoms with van der Waals surface area (Å²) in [6.07, 6.45) is 1.80. The highest BCUT2D eigenvalue weighted by Gasteiger charge is 2.10. The third kappa shape index (κ3) is 4.97. The van der Waals surface area contributed by atoms with Crippen molar-refractivity contribution in [2.24, 2.45) is 4.99 Å². The lowest BCUT2D eigenvalue weighted by molar-refractivity contribution is 0.422. The summed E-state index contributed by atoms with van der Waals surface area (Å²) in [6, 6.07) is 8.01. The van der Waals surface area contributed by atoms with E-state index in [4.69, 9.17) is 8.94 Å². The lowest BCUT2D eigenvalue weighted by atomic mass is 10.1. The van der Waals surface area contributed by atoms with Crippen molar-refractivity contribution in [1.29, 1.82) is 0 Å². The monoisotopic (exact) mass is 382 g/mol. The number of nitrogens with one attached hydrogen (secondary N) is 2. The maximum absolute atomic E-state index is 5.58. The van der Waals surface area contributed by atoms with E-state index in [1.54, 1.807) is 7.05 Å². The van der Waals surface area contributed by atoms with Gasteiger partial charge in [0.2, 0.25) is 5.89 Å². The summed E-state index contributed by atoms with van der Waals surface area (Å²) in [7, 11) is 1.73. The zero-order chi connectivity index (χ0) is 19.9. The Balaban J connectivity index is 1.58. The SMILES string of the molecule is CCCc1noc(-c2cccc(CNC(=NC)NCc3nc(C)c(C)o3)c2)n1. The molecule has 0 aliphatic heterocycles. The standard InChI is InChI=1S/C20H26N6O2/c1-5-7-17-25-19(28-26-17)16-9-6-8-15(10-16)11-22-20(21-4)23-12-18-24-13(2)14(3)27-18/h6,8-10H,5,7,11-12H2,1-4H3,(H2,21,22,23). The van der Waals surface area contributed by atoms with Crippen molar-refractivity contribution >= 4 is 5.96 Å². The number of hydrogen-bond donors (Lipinski definition) is 2. The topological polar surface area (TPSA) is 101 Å². The molecule has 0 amide bonds. The van der Waals surface area contributed by atoms with E-state index in [2.05, 4.69) is 37.7 Å². The van der Waals surface area contributed by atoms with Crippen molar-refractivity contribution in [3.8, 4) is 11.5 Å². The van der Waals surface area contributed by atoms with Crippen molar-refractivity contribution in [2.45, 2.75) is 46.7 Å². The summed E-state index contributed by atoms with van der Waals surface area (Å²) < 4.78 is 10.9. The van der Waals surface area contributed by atoms with E-state index >= 15 is 0 Å². The molecule has 3 rings (SSSR count). The molecule has 0 radical (unpaired) electrons. The molecule has 0 bridgehead atoms. The molecule has 0 aliphatic carbocycles. The normalized spacial score (nSPS) is 11.6. The van der Waals surface area contributed by atoms with Crippen molar-refractivity contribution in [2.75, 3.05) is 7.05 Å². The van der Waals surface area contributed by atoms with Crippen LogP contribution in [0.3, 0.4) is 0 Å². The number of aromatic nitrogens is 3. The summed E-state index contributed by atoms with van der Waals surface area (Å²) in [5, 5.41) is 10.5. The second kappa shape index (κ2) is 9.16. The zero-order valence-electron chi connectivity index (χ0n) is 16.7. The van der Waals surface area contributed by atoms with Crippen LogP contribution in [0, 0.1) is 13.8 Å². The van der Waals surface area contributed by atoms with Crippen LogP contribution in [0.25, 0.3) is 11.5 Å². The van der Waals surface area contributed by atoms with Gasteiger partial charge in [0.05, 0.1) is 12.2 Å². The van der Waals surface area contributed by atoms with Crippen LogP contribution < -0.4 is 10.6 Å². The molecule has 2 aromatic heterocycles. The first-order valence-corrected chi connectivity index (χ1v) is 9.38. The number of guanidine groups is 1. The molecule has 2 N–H and O–H groups in total. The van der Waals surface area contributed by atoms with E-state index in [1.165, 1.54) is 0 Å². The first-order valence-electron chi connectivity index (χ1n) is 9.38. The number of oxazole rings is 1. The molecule has 1 aromatic carbocycles. The van der Waals surface area contributed by atoms with Gasteiger partial charge >= 0.3 is 0 Å². The molecule has 0 spiro atoms. The maximum Gasteiger partial charge on any atom is 0.257 e. The van der Waals surface area contributed by atoms with Gasteiger partial charge in [0.15, 0.2) is 11.8 Å². The van der Waals surface area contributed by atoms with Gasteiger partial charge in [0.1, 0.15) is 5.76 Å². The second-order valence-electron chi connectivity index (χ2n) is 6.49. The van der Waals surface area contributed by atoms with Crippen LogP contribution in [0.4, 0.5) is 0 Å². The van der Waals surface area contributed by atoms with Crippen LogP contribution in [0.1, 0.15) is 42.1 Å². The van der Waals surface area contributed by atoms with E-state index in [1.807, 2.05) is 38.1 Å². The van der Waals surface area contributed by atoms with E-state index < -0.39 is 0 Å². The Labute approximate surface area is 164 Å². The number of benzene rings is 1. The van der Waals surface area contributed by atoms with Crippen LogP contribution >= 0.6 is 0 Å². The molecule has 0 aliphatic rings. The van der Waals surface area contributed by atoms with Gasteiger partial charge in [-0.2, -0.15) is 4.98 Å². The minimum atomic E-state index is 0.469. The molecule has 0 saturated heterocycles. The molecule has 148 valence electrons. The van der Waals surface area contributed by atoms with Gasteiger partial charge < -0.3 is 19.6 Å². The molecule has 3 aromatic rings. The molecule has 8 heteroatoms. The molecule has 0 fully saturated rings. The molecular weight excluding hydrogens is 356 g/mol. The largest absolute Gasteiger partial charge is 0.444 e. The van der Waals surface area contributed by atoms with Crippen LogP contribution in [-0.2, 0) is 19.5 Å². The summed E-state index contributed by atoms with van der Waals surface area (Å²) >= 11 is 0. The van der Waals surface area contributed by atoms with Gasteiger partial charge in [-0.3, -0.25) is 4.99 Å². The van der Waals surface area contributed by atoms with Crippen LogP contribution in [-0.4, -0.2) is 28.1 Å². The fourth-order valence-corrected chi connectivity index (χ4v) is 2.69. The Bertz CT molecular complexity index is 924. The quantitative estimate of drug-likeness (QED) is 0.478. The highest BCUT2D eigenvalue weighted by molar-refractivity contribution is 5.79. The smallest absolute Gasteiger partial charge is 0.257 e. The van der Waals surface area contributed by atoms with Crippen LogP contribution in [0.5, 0.6) is 0 Å². The molecule has 0 unspecified atom stereocenters. The third-order valence-electron chi connectivity index (χ3n) is 4.28. The number of rotatable bonds is 7. The summed E-state index contributed by atoms with van der Waals surface area (Å²) in [4.78, 5) is 13.0. The molecule has 28 heavy (non-hydrogen) atoms. The third-order valence-corrected chi connectivity index (χ3v) is 4.28. The summed E-state index contributed by atoms with van der Waals surface area (Å²) in [5.74, 6) is 3.42. The average Bonchev–Trinajstić information content (AvgIpc) is 3.29. The fraction of sp³-hybridized carbons (Fsp3) is 0.400. The zero-order valence-corrected chi connectivity index (χ0v) is 16.7. The van der Waals surface area contributed by atoms with Gasteiger partial charge in [0.25, 0.3) is 5.89 Å². The van der Waals surface area contributed by atoms with Gasteiger partial charge in [-0.05, 0) is 38.0 Å². The molecule has 2 heterocycles. The highest BCUT2D eigenvalue weighted by Crippen LogP contribution is 2.19. The van der Waals surface area contributed by atoms with E-state index in [0.717, 1.165) is 41.2 Å². The average molecular weight is 382 g/mol. The molecular formula is C20H26N6O2. The fourth-order valence-electron chi connectivity index (χ4n) is 2.69. The predicted octanol–water partition coefficient (Wildman–Crippen LogP) is 3.16. The molecule has 0 atom stereocenters. The number of nitrogens with zero attached hydrogens (tertiary/aromatic N) is 4. The summed E-state index contributed by atoms with van der Waals surface area (Å²) in [6.45, 7) is 6.99. The van der Waals surface area contributed by atoms with Crippen molar-refractivity contribution in [3.63, 3.8) is 0 Å². The number of hydrogen-bond acceptors (Lipinski definition) is 6. The first kappa shape index (κ1) is 19.6. The Kier molecular flexibility index (Phi) is 6.41. The number of aliphatic imine (C=N–C) groups is 1. The first-order chi connectivity index (χ1) is 13.6. The minimum Gasteiger partial charge on any atom is -0.444 e. The van der Waals surface area contributed by atoms with Crippen LogP contribution in [0.2, 0.25) is 0 Å². The van der Waals surface area contributed by atoms with E-state index in [0.29, 0.717) is 30.8 Å². The van der Waals surface area contributed by atoms with Crippen molar-refractivity contribution < 1.29 is 8.94 Å². The van der Waals surface area contributed by atoms with E-state index in [-0.39, 0.29) is 0 Å². The Hall–Kier alpha value is -3.16. The van der Waals surface area contributed by atoms with Gasteiger partial charge in [-0.25, -0.2) is 4.98 Å². The Morgan fingerprint density at radius 3 is 2.68 bits per heavy atom. The van der Waals surface area contributed by atoms with Crippen molar-refractivity contribution in [1.82, 2.24) is 25.8 Å². The number of aryl methyl sites for hydroxylation is 3.